The standard InChI is InChI=1S/C25H31ClN2O6/c1-25(2,16-26)24(30)28(14-20-6-4-10-32-20)15-23(29)27(13-19-5-3-9-31-19)12-18-7-8-21-22(11-18)34-17-33-21/h3,5,7-9,11,20H,4,6,10,12-17H2,1-2H3. The number of hydrogen-bond acceptors (Lipinski definition) is 6. The summed E-state index contributed by atoms with van der Waals surface area (Å²) >= 11 is 6.09. The monoisotopic (exact) mass is 490 g/mol. The Bertz CT molecular complexity index is 987. The summed E-state index contributed by atoms with van der Waals surface area (Å²) in [6.45, 7) is 5.36. The molecule has 8 nitrogen and oxygen atoms in total. The van der Waals surface area contributed by atoms with Crippen molar-refractivity contribution in [1.29, 1.82) is 0 Å². The highest BCUT2D eigenvalue weighted by atomic mass is 35.5. The highest BCUT2D eigenvalue weighted by Gasteiger charge is 2.35. The van der Waals surface area contributed by atoms with Crippen molar-refractivity contribution >= 4 is 23.4 Å². The maximum Gasteiger partial charge on any atom is 0.242 e. The van der Waals surface area contributed by atoms with Crippen molar-refractivity contribution in [1.82, 2.24) is 9.80 Å². The molecule has 0 aliphatic carbocycles. The second-order valence-electron chi connectivity index (χ2n) is 9.35. The topological polar surface area (TPSA) is 81.5 Å². The number of halogens is 1. The molecule has 2 amide bonds. The Morgan fingerprint density at radius 1 is 1.12 bits per heavy atom. The average Bonchev–Trinajstić information content (AvgIpc) is 3.60. The molecule has 1 aromatic heterocycles. The van der Waals surface area contributed by atoms with Crippen molar-refractivity contribution in [2.45, 2.75) is 45.9 Å². The summed E-state index contributed by atoms with van der Waals surface area (Å²) in [7, 11) is 0. The molecule has 0 bridgehead atoms. The van der Waals surface area contributed by atoms with Gasteiger partial charge in [0.2, 0.25) is 18.6 Å². The lowest BCUT2D eigenvalue weighted by Gasteiger charge is -2.33. The first-order chi connectivity index (χ1) is 16.4. The van der Waals surface area contributed by atoms with Gasteiger partial charge in [-0.3, -0.25) is 9.59 Å². The molecule has 1 fully saturated rings. The Morgan fingerprint density at radius 3 is 2.65 bits per heavy atom. The molecule has 1 saturated heterocycles. The van der Waals surface area contributed by atoms with Crippen LogP contribution in [0.15, 0.2) is 41.0 Å². The molecule has 0 N–H and O–H groups in total. The van der Waals surface area contributed by atoms with Gasteiger partial charge in [-0.15, -0.1) is 11.6 Å². The lowest BCUT2D eigenvalue weighted by Crippen LogP contribution is -2.49. The zero-order valence-corrected chi connectivity index (χ0v) is 20.4. The second kappa shape index (κ2) is 10.7. The molecule has 9 heteroatoms. The lowest BCUT2D eigenvalue weighted by molar-refractivity contribution is -0.147. The van der Waals surface area contributed by atoms with Crippen molar-refractivity contribution in [2.24, 2.45) is 5.41 Å². The van der Waals surface area contributed by atoms with Gasteiger partial charge in [-0.25, -0.2) is 0 Å². The van der Waals surface area contributed by atoms with E-state index in [0.29, 0.717) is 37.0 Å². The lowest BCUT2D eigenvalue weighted by atomic mass is 9.94. The second-order valence-corrected chi connectivity index (χ2v) is 9.62. The predicted molar refractivity (Wildman–Crippen MR) is 126 cm³/mol. The number of carbonyl (C=O) groups excluding carboxylic acids is 2. The molecule has 0 saturated carbocycles. The zero-order valence-electron chi connectivity index (χ0n) is 19.6. The molecule has 1 aromatic carbocycles. The smallest absolute Gasteiger partial charge is 0.242 e. The molecular formula is C25H31ClN2O6. The van der Waals surface area contributed by atoms with Crippen molar-refractivity contribution in [3.63, 3.8) is 0 Å². The molecular weight excluding hydrogens is 460 g/mol. The molecule has 2 aliphatic heterocycles. The van der Waals surface area contributed by atoms with E-state index in [1.165, 1.54) is 0 Å². The number of furan rings is 1. The SMILES string of the molecule is CC(C)(CCl)C(=O)N(CC(=O)N(Cc1ccc2c(c1)OCO2)Cc1ccco1)CC1CCCO1. The first-order valence-corrected chi connectivity index (χ1v) is 12.0. The van der Waals surface area contributed by atoms with Crippen LogP contribution in [0, 0.1) is 5.41 Å². The normalized spacial score (nSPS) is 17.1. The van der Waals surface area contributed by atoms with Crippen molar-refractivity contribution in [3.8, 4) is 11.5 Å². The Hall–Kier alpha value is -2.71. The average molecular weight is 491 g/mol. The highest BCUT2D eigenvalue weighted by Crippen LogP contribution is 2.33. The molecule has 2 aliphatic rings. The van der Waals surface area contributed by atoms with Crippen molar-refractivity contribution in [2.75, 3.05) is 32.4 Å². The maximum atomic E-state index is 13.6. The van der Waals surface area contributed by atoms with Crippen LogP contribution in [0.2, 0.25) is 0 Å². The molecule has 1 unspecified atom stereocenters. The van der Waals surface area contributed by atoms with Gasteiger partial charge in [0.15, 0.2) is 11.5 Å². The molecule has 0 spiro atoms. The third kappa shape index (κ3) is 5.85. The van der Waals surface area contributed by atoms with E-state index in [2.05, 4.69) is 0 Å². The summed E-state index contributed by atoms with van der Waals surface area (Å²) < 4.78 is 22.1. The van der Waals surface area contributed by atoms with E-state index in [-0.39, 0.29) is 43.7 Å². The fourth-order valence-electron chi connectivity index (χ4n) is 4.08. The molecule has 0 radical (unpaired) electrons. The van der Waals surface area contributed by atoms with Gasteiger partial charge in [-0.1, -0.05) is 6.07 Å². The summed E-state index contributed by atoms with van der Waals surface area (Å²) in [6.07, 6.45) is 3.32. The summed E-state index contributed by atoms with van der Waals surface area (Å²) in [5.74, 6) is 1.81. The minimum atomic E-state index is -0.788. The largest absolute Gasteiger partial charge is 0.467 e. The van der Waals surface area contributed by atoms with E-state index in [1.807, 2.05) is 24.3 Å². The van der Waals surface area contributed by atoms with Crippen LogP contribution in [0.4, 0.5) is 0 Å². The third-order valence-corrected chi connectivity index (χ3v) is 6.73. The number of rotatable bonds is 10. The minimum Gasteiger partial charge on any atom is -0.467 e. The Balaban J connectivity index is 1.53. The first-order valence-electron chi connectivity index (χ1n) is 11.5. The van der Waals surface area contributed by atoms with Crippen LogP contribution in [0.25, 0.3) is 0 Å². The number of hydrogen-bond donors (Lipinski definition) is 0. The van der Waals surface area contributed by atoms with Crippen LogP contribution in [-0.2, 0) is 27.4 Å². The van der Waals surface area contributed by atoms with Gasteiger partial charge < -0.3 is 28.4 Å². The molecule has 3 heterocycles. The third-order valence-electron chi connectivity index (χ3n) is 6.06. The first kappa shape index (κ1) is 24.4. The number of alkyl halides is 1. The van der Waals surface area contributed by atoms with Crippen LogP contribution >= 0.6 is 11.6 Å². The van der Waals surface area contributed by atoms with Crippen LogP contribution in [-0.4, -0.2) is 60.1 Å². The summed E-state index contributed by atoms with van der Waals surface area (Å²) in [6, 6.07) is 9.22. The number of benzene rings is 1. The van der Waals surface area contributed by atoms with Crippen LogP contribution in [0.5, 0.6) is 11.5 Å². The maximum absolute atomic E-state index is 13.6. The van der Waals surface area contributed by atoms with E-state index in [1.54, 1.807) is 36.0 Å². The van der Waals surface area contributed by atoms with Crippen LogP contribution in [0.3, 0.4) is 0 Å². The van der Waals surface area contributed by atoms with Gasteiger partial charge in [0.05, 0.1) is 30.9 Å². The Kier molecular flexibility index (Phi) is 7.68. The van der Waals surface area contributed by atoms with E-state index in [0.717, 1.165) is 18.4 Å². The van der Waals surface area contributed by atoms with E-state index >= 15 is 0 Å². The minimum absolute atomic E-state index is 0.0652. The molecule has 1 atom stereocenters. The van der Waals surface area contributed by atoms with Crippen molar-refractivity contribution < 1.29 is 28.2 Å². The van der Waals surface area contributed by atoms with Crippen molar-refractivity contribution in [3.05, 3.63) is 47.9 Å². The summed E-state index contributed by atoms with van der Waals surface area (Å²) in [5, 5.41) is 0. The van der Waals surface area contributed by atoms with Gasteiger partial charge in [-0.2, -0.15) is 0 Å². The predicted octanol–water partition coefficient (Wildman–Crippen LogP) is 3.81. The van der Waals surface area contributed by atoms with E-state index in [9.17, 15) is 9.59 Å². The zero-order chi connectivity index (χ0) is 24.1. The fourth-order valence-corrected chi connectivity index (χ4v) is 4.20. The van der Waals surface area contributed by atoms with Crippen LogP contribution in [0.1, 0.15) is 38.0 Å². The molecule has 2 aromatic rings. The quantitative estimate of drug-likeness (QED) is 0.471. The van der Waals surface area contributed by atoms with Crippen LogP contribution < -0.4 is 9.47 Å². The summed E-state index contributed by atoms with van der Waals surface area (Å²) in [4.78, 5) is 30.2. The summed E-state index contributed by atoms with van der Waals surface area (Å²) in [5.41, 5.74) is 0.103. The van der Waals surface area contributed by atoms with E-state index in [4.69, 9.17) is 30.2 Å². The number of nitrogens with zero attached hydrogens (tertiary/aromatic N) is 2. The number of carbonyl (C=O) groups is 2. The molecule has 4 rings (SSSR count). The van der Waals surface area contributed by atoms with Gasteiger partial charge in [0, 0.05) is 25.6 Å². The van der Waals surface area contributed by atoms with Gasteiger partial charge in [-0.05, 0) is 56.5 Å². The molecule has 34 heavy (non-hydrogen) atoms. The van der Waals surface area contributed by atoms with E-state index < -0.39 is 5.41 Å². The number of ether oxygens (including phenoxy) is 3. The highest BCUT2D eigenvalue weighted by molar-refractivity contribution is 6.19. The van der Waals surface area contributed by atoms with Gasteiger partial charge >= 0.3 is 0 Å². The van der Waals surface area contributed by atoms with Gasteiger partial charge in [0.25, 0.3) is 0 Å². The number of amides is 2. The Labute approximate surface area is 204 Å². The Morgan fingerprint density at radius 2 is 1.94 bits per heavy atom. The van der Waals surface area contributed by atoms with Gasteiger partial charge in [0.1, 0.15) is 5.76 Å². The number of fused-ring (bicyclic) bond motifs is 1. The molecule has 184 valence electrons. The fraction of sp³-hybridized carbons (Fsp3) is 0.520.